The minimum absolute atomic E-state index is 0.196. The summed E-state index contributed by atoms with van der Waals surface area (Å²) in [5.41, 5.74) is 0.923. The lowest BCUT2D eigenvalue weighted by atomic mass is 10.0. The maximum atomic E-state index is 12.3. The average molecular weight is 361 g/mol. The standard InChI is InChI=1S/C18H19NO5S/c1-10(2)16(18(21)22)19-17(20)15-6-5-14(25-15)11-3-4-12-13(9-11)24-8-7-23-12/h3-6,9-10,16H,7-8H2,1-2H3,(H,19,20)(H,21,22). The van der Waals surface area contributed by atoms with E-state index in [0.29, 0.717) is 29.6 Å². The van der Waals surface area contributed by atoms with E-state index < -0.39 is 12.0 Å². The summed E-state index contributed by atoms with van der Waals surface area (Å²) < 4.78 is 11.1. The summed E-state index contributed by atoms with van der Waals surface area (Å²) >= 11 is 1.31. The third-order valence-electron chi connectivity index (χ3n) is 3.88. The summed E-state index contributed by atoms with van der Waals surface area (Å²) in [6.07, 6.45) is 0. The molecule has 0 saturated carbocycles. The number of carbonyl (C=O) groups excluding carboxylic acids is 1. The highest BCUT2D eigenvalue weighted by Crippen LogP contribution is 2.36. The summed E-state index contributed by atoms with van der Waals surface area (Å²) in [7, 11) is 0. The highest BCUT2D eigenvalue weighted by molar-refractivity contribution is 7.17. The Bertz CT molecular complexity index is 799. The zero-order valence-corrected chi connectivity index (χ0v) is 14.8. The number of carboxylic acid groups (broad SMARTS) is 1. The molecular weight excluding hydrogens is 342 g/mol. The Kier molecular flexibility index (Phi) is 4.94. The lowest BCUT2D eigenvalue weighted by Crippen LogP contribution is -2.44. The van der Waals surface area contributed by atoms with E-state index in [1.807, 2.05) is 24.3 Å². The van der Waals surface area contributed by atoms with Crippen LogP contribution < -0.4 is 14.8 Å². The van der Waals surface area contributed by atoms with Gasteiger partial charge in [-0.05, 0) is 41.8 Å². The highest BCUT2D eigenvalue weighted by atomic mass is 32.1. The van der Waals surface area contributed by atoms with E-state index >= 15 is 0 Å². The number of benzene rings is 1. The van der Waals surface area contributed by atoms with Gasteiger partial charge in [-0.1, -0.05) is 13.8 Å². The third kappa shape index (κ3) is 3.76. The Labute approximate surface area is 149 Å². The van der Waals surface area contributed by atoms with E-state index in [2.05, 4.69) is 5.32 Å². The Morgan fingerprint density at radius 1 is 1.12 bits per heavy atom. The van der Waals surface area contributed by atoms with Gasteiger partial charge in [-0.25, -0.2) is 4.79 Å². The van der Waals surface area contributed by atoms with Crippen molar-refractivity contribution in [2.24, 2.45) is 5.92 Å². The summed E-state index contributed by atoms with van der Waals surface area (Å²) in [6, 6.07) is 8.28. The van der Waals surface area contributed by atoms with Crippen molar-refractivity contribution >= 4 is 23.2 Å². The van der Waals surface area contributed by atoms with E-state index in [9.17, 15) is 14.7 Å². The van der Waals surface area contributed by atoms with Crippen LogP contribution in [0.3, 0.4) is 0 Å². The fourth-order valence-electron chi connectivity index (χ4n) is 2.54. The van der Waals surface area contributed by atoms with Crippen molar-refractivity contribution in [3.63, 3.8) is 0 Å². The number of hydrogen-bond donors (Lipinski definition) is 2. The molecule has 3 rings (SSSR count). The summed E-state index contributed by atoms with van der Waals surface area (Å²) in [4.78, 5) is 24.9. The second kappa shape index (κ2) is 7.14. The normalized spacial score (nSPS) is 14.2. The number of aliphatic carboxylic acids is 1. The minimum atomic E-state index is -1.04. The van der Waals surface area contributed by atoms with E-state index in [-0.39, 0.29) is 11.8 Å². The number of fused-ring (bicyclic) bond motifs is 1. The minimum Gasteiger partial charge on any atom is -0.486 e. The van der Waals surface area contributed by atoms with E-state index in [1.165, 1.54) is 11.3 Å². The molecule has 132 valence electrons. The first kappa shape index (κ1) is 17.3. The maximum Gasteiger partial charge on any atom is 0.326 e. The summed E-state index contributed by atoms with van der Waals surface area (Å²) in [6.45, 7) is 4.57. The molecule has 0 aliphatic carbocycles. The largest absolute Gasteiger partial charge is 0.486 e. The number of hydrogen-bond acceptors (Lipinski definition) is 5. The predicted molar refractivity (Wildman–Crippen MR) is 94.5 cm³/mol. The number of thiophene rings is 1. The summed E-state index contributed by atoms with van der Waals surface area (Å²) in [5, 5.41) is 11.8. The number of amides is 1. The van der Waals surface area contributed by atoms with E-state index in [1.54, 1.807) is 19.9 Å². The lowest BCUT2D eigenvalue weighted by molar-refractivity contribution is -0.140. The molecule has 25 heavy (non-hydrogen) atoms. The number of nitrogens with one attached hydrogen (secondary N) is 1. The first-order chi connectivity index (χ1) is 12.0. The second-order valence-electron chi connectivity index (χ2n) is 6.06. The quantitative estimate of drug-likeness (QED) is 0.855. The molecule has 2 aromatic rings. The SMILES string of the molecule is CC(C)C(NC(=O)c1ccc(-c2ccc3c(c2)OCCO3)s1)C(=O)O. The van der Waals surface area contributed by atoms with Gasteiger partial charge in [0.15, 0.2) is 11.5 Å². The molecule has 1 atom stereocenters. The molecule has 1 aliphatic rings. The van der Waals surface area contributed by atoms with Crippen LogP contribution in [0.5, 0.6) is 11.5 Å². The Morgan fingerprint density at radius 3 is 2.52 bits per heavy atom. The van der Waals surface area contributed by atoms with Crippen LogP contribution >= 0.6 is 11.3 Å². The fourth-order valence-corrected chi connectivity index (χ4v) is 3.44. The first-order valence-electron chi connectivity index (χ1n) is 7.99. The third-order valence-corrected chi connectivity index (χ3v) is 5.01. The fraction of sp³-hybridized carbons (Fsp3) is 0.333. The van der Waals surface area contributed by atoms with Gasteiger partial charge in [0.1, 0.15) is 19.3 Å². The first-order valence-corrected chi connectivity index (χ1v) is 8.81. The van der Waals surface area contributed by atoms with Crippen LogP contribution in [0.15, 0.2) is 30.3 Å². The average Bonchev–Trinajstić information content (AvgIpc) is 3.08. The topological polar surface area (TPSA) is 84.9 Å². The van der Waals surface area contributed by atoms with Crippen LogP contribution in [0.1, 0.15) is 23.5 Å². The molecule has 0 radical (unpaired) electrons. The number of rotatable bonds is 5. The monoisotopic (exact) mass is 361 g/mol. The summed E-state index contributed by atoms with van der Waals surface area (Å²) in [5.74, 6) is -0.208. The molecule has 2 heterocycles. The van der Waals surface area contributed by atoms with Crippen molar-refractivity contribution in [1.82, 2.24) is 5.32 Å². The zero-order chi connectivity index (χ0) is 18.0. The van der Waals surface area contributed by atoms with Crippen LogP contribution in [-0.2, 0) is 4.79 Å². The molecule has 1 aliphatic heterocycles. The van der Waals surface area contributed by atoms with Crippen LogP contribution in [0.4, 0.5) is 0 Å². The lowest BCUT2D eigenvalue weighted by Gasteiger charge is -2.18. The van der Waals surface area contributed by atoms with Crippen LogP contribution in [0.2, 0.25) is 0 Å². The Morgan fingerprint density at radius 2 is 1.84 bits per heavy atom. The molecule has 1 unspecified atom stereocenters. The molecule has 6 nitrogen and oxygen atoms in total. The highest BCUT2D eigenvalue weighted by Gasteiger charge is 2.24. The molecule has 1 amide bonds. The van der Waals surface area contributed by atoms with Gasteiger partial charge >= 0.3 is 5.97 Å². The van der Waals surface area contributed by atoms with Crippen molar-refractivity contribution in [2.75, 3.05) is 13.2 Å². The van der Waals surface area contributed by atoms with Gasteiger partial charge in [0.05, 0.1) is 4.88 Å². The molecule has 0 bridgehead atoms. The molecule has 1 aromatic carbocycles. The van der Waals surface area contributed by atoms with Crippen LogP contribution in [-0.4, -0.2) is 36.2 Å². The van der Waals surface area contributed by atoms with Crippen molar-refractivity contribution in [1.29, 1.82) is 0 Å². The van der Waals surface area contributed by atoms with Gasteiger partial charge in [-0.3, -0.25) is 4.79 Å². The van der Waals surface area contributed by atoms with Gasteiger partial charge in [-0.15, -0.1) is 11.3 Å². The van der Waals surface area contributed by atoms with Crippen molar-refractivity contribution in [3.05, 3.63) is 35.2 Å². The van der Waals surface area contributed by atoms with Crippen molar-refractivity contribution in [3.8, 4) is 21.9 Å². The van der Waals surface area contributed by atoms with E-state index in [4.69, 9.17) is 9.47 Å². The van der Waals surface area contributed by atoms with Crippen molar-refractivity contribution in [2.45, 2.75) is 19.9 Å². The molecule has 7 heteroatoms. The molecule has 0 saturated heterocycles. The van der Waals surface area contributed by atoms with Crippen molar-refractivity contribution < 1.29 is 24.2 Å². The molecular formula is C18H19NO5S. The van der Waals surface area contributed by atoms with E-state index in [0.717, 1.165) is 10.4 Å². The smallest absolute Gasteiger partial charge is 0.326 e. The predicted octanol–water partition coefficient (Wildman–Crippen LogP) is 3.03. The van der Waals surface area contributed by atoms with Gasteiger partial charge in [0.2, 0.25) is 0 Å². The molecule has 0 fully saturated rings. The second-order valence-corrected chi connectivity index (χ2v) is 7.14. The van der Waals surface area contributed by atoms with Gasteiger partial charge in [0, 0.05) is 4.88 Å². The Hall–Kier alpha value is -2.54. The van der Waals surface area contributed by atoms with Gasteiger partial charge in [-0.2, -0.15) is 0 Å². The number of carboxylic acids is 1. The number of carbonyl (C=O) groups is 2. The molecule has 1 aromatic heterocycles. The zero-order valence-electron chi connectivity index (χ0n) is 13.9. The molecule has 0 spiro atoms. The Balaban J connectivity index is 1.78. The van der Waals surface area contributed by atoms with Crippen LogP contribution in [0, 0.1) is 5.92 Å². The van der Waals surface area contributed by atoms with Gasteiger partial charge in [0.25, 0.3) is 5.91 Å². The van der Waals surface area contributed by atoms with Crippen LogP contribution in [0.25, 0.3) is 10.4 Å². The number of ether oxygens (including phenoxy) is 2. The van der Waals surface area contributed by atoms with Gasteiger partial charge < -0.3 is 19.9 Å². The maximum absolute atomic E-state index is 12.3. The molecule has 2 N–H and O–H groups in total.